The number of aromatic nitrogens is 3. The maximum Gasteiger partial charge on any atom is 0.239 e. The van der Waals surface area contributed by atoms with Crippen LogP contribution in [-0.4, -0.2) is 21.1 Å². The summed E-state index contributed by atoms with van der Waals surface area (Å²) in [5, 5.41) is 4.37. The van der Waals surface area contributed by atoms with E-state index in [2.05, 4.69) is 27.3 Å². The van der Waals surface area contributed by atoms with Crippen molar-refractivity contribution in [3.63, 3.8) is 0 Å². The number of hydrogen-bond donors (Lipinski definition) is 1. The number of aryl methyl sites for hydroxylation is 1. The van der Waals surface area contributed by atoms with E-state index in [9.17, 15) is 0 Å². The zero-order chi connectivity index (χ0) is 19.8. The number of nitrogens with one attached hydrogen (secondary N) is 1. The number of ether oxygens (including phenoxy) is 1. The summed E-state index contributed by atoms with van der Waals surface area (Å²) in [6.45, 7) is 10.7. The van der Waals surface area contributed by atoms with Gasteiger partial charge in [-0.2, -0.15) is 9.97 Å². The second-order valence-electron chi connectivity index (χ2n) is 7.04. The predicted octanol–water partition coefficient (Wildman–Crippen LogP) is 4.83. The van der Waals surface area contributed by atoms with Gasteiger partial charge in [0.15, 0.2) is 5.69 Å². The number of nitrogens with zero attached hydrogens (tertiary/aromatic N) is 4. The number of hydrogen-bond acceptors (Lipinski definition) is 4. The first kappa shape index (κ1) is 17.3. The Balaban J connectivity index is 1.61. The molecular formula is C23H19N5O. The Morgan fingerprint density at radius 2 is 2.00 bits per heavy atom. The van der Waals surface area contributed by atoms with Gasteiger partial charge in [-0.3, -0.25) is 4.57 Å². The van der Waals surface area contributed by atoms with Crippen LogP contribution in [0.1, 0.15) is 16.8 Å². The third kappa shape index (κ3) is 2.97. The highest BCUT2D eigenvalue weighted by atomic mass is 16.5. The Bertz CT molecular complexity index is 1250. The van der Waals surface area contributed by atoms with Crippen molar-refractivity contribution in [2.24, 2.45) is 0 Å². The zero-order valence-electron chi connectivity index (χ0n) is 16.0. The summed E-state index contributed by atoms with van der Waals surface area (Å²) in [7, 11) is 0. The fraction of sp³-hybridized carbons (Fsp3) is 0.174. The monoisotopic (exact) mass is 381 g/mol. The lowest BCUT2D eigenvalue weighted by atomic mass is 10.2. The molecule has 6 heteroatoms. The molecule has 0 unspecified atom stereocenters. The molecule has 0 aliphatic carbocycles. The molecule has 4 aromatic rings. The largest absolute Gasteiger partial charge is 0.477 e. The van der Waals surface area contributed by atoms with Gasteiger partial charge < -0.3 is 10.1 Å². The smallest absolute Gasteiger partial charge is 0.239 e. The average molecular weight is 381 g/mol. The van der Waals surface area contributed by atoms with E-state index in [1.54, 1.807) is 0 Å². The zero-order valence-corrected chi connectivity index (χ0v) is 16.0. The van der Waals surface area contributed by atoms with Gasteiger partial charge in [-0.15, -0.1) is 0 Å². The molecule has 0 spiro atoms. The molecule has 2 aromatic carbocycles. The lowest BCUT2D eigenvalue weighted by molar-refractivity contribution is 0.344. The molecule has 1 aliphatic heterocycles. The van der Waals surface area contributed by atoms with Crippen LogP contribution in [0.5, 0.6) is 5.88 Å². The molecule has 3 heterocycles. The molecule has 0 atom stereocenters. The van der Waals surface area contributed by atoms with E-state index < -0.39 is 0 Å². The van der Waals surface area contributed by atoms with E-state index in [0.29, 0.717) is 30.7 Å². The van der Waals surface area contributed by atoms with E-state index in [1.165, 1.54) is 5.56 Å². The molecule has 0 bridgehead atoms. The van der Waals surface area contributed by atoms with Gasteiger partial charge >= 0.3 is 0 Å². The van der Waals surface area contributed by atoms with Crippen molar-refractivity contribution in [1.29, 1.82) is 0 Å². The average Bonchev–Trinajstić information content (AvgIpc) is 3.35. The van der Waals surface area contributed by atoms with Crippen molar-refractivity contribution in [2.45, 2.75) is 19.9 Å². The van der Waals surface area contributed by atoms with Crippen molar-refractivity contribution < 1.29 is 4.74 Å². The van der Waals surface area contributed by atoms with Crippen LogP contribution in [0.2, 0.25) is 0 Å². The van der Waals surface area contributed by atoms with Gasteiger partial charge in [0.05, 0.1) is 18.7 Å². The van der Waals surface area contributed by atoms with Crippen LogP contribution >= 0.6 is 0 Å². The minimum Gasteiger partial charge on any atom is -0.477 e. The van der Waals surface area contributed by atoms with Gasteiger partial charge in [0, 0.05) is 29.6 Å². The highest BCUT2D eigenvalue weighted by molar-refractivity contribution is 5.94. The first-order valence-corrected chi connectivity index (χ1v) is 9.55. The van der Waals surface area contributed by atoms with Gasteiger partial charge in [0.1, 0.15) is 5.82 Å². The van der Waals surface area contributed by atoms with Crippen LogP contribution in [0.4, 0.5) is 11.5 Å². The van der Waals surface area contributed by atoms with Crippen molar-refractivity contribution in [2.75, 3.05) is 11.9 Å². The van der Waals surface area contributed by atoms with Gasteiger partial charge in [-0.25, -0.2) is 4.85 Å². The lowest BCUT2D eigenvalue weighted by Crippen LogP contribution is -2.09. The molecule has 142 valence electrons. The molecule has 0 amide bonds. The van der Waals surface area contributed by atoms with Gasteiger partial charge in [-0.05, 0) is 24.6 Å². The van der Waals surface area contributed by atoms with Crippen molar-refractivity contribution in [1.82, 2.24) is 14.5 Å². The second kappa shape index (κ2) is 6.95. The molecule has 2 aromatic heterocycles. The van der Waals surface area contributed by atoms with Gasteiger partial charge in [0.2, 0.25) is 11.8 Å². The molecule has 6 nitrogen and oxygen atoms in total. The molecule has 0 saturated heterocycles. The minimum absolute atomic E-state index is 0.552. The molecule has 29 heavy (non-hydrogen) atoms. The normalized spacial score (nSPS) is 12.4. The van der Waals surface area contributed by atoms with E-state index in [1.807, 2.05) is 54.0 Å². The van der Waals surface area contributed by atoms with Crippen LogP contribution in [0.15, 0.2) is 54.6 Å². The van der Waals surface area contributed by atoms with Gasteiger partial charge in [0.25, 0.3) is 0 Å². The Morgan fingerprint density at radius 1 is 1.14 bits per heavy atom. The molecule has 5 rings (SSSR count). The molecule has 0 saturated carbocycles. The van der Waals surface area contributed by atoms with Crippen molar-refractivity contribution in [3.05, 3.63) is 82.8 Å². The van der Waals surface area contributed by atoms with Crippen LogP contribution in [0.25, 0.3) is 21.7 Å². The first-order chi connectivity index (χ1) is 14.2. The van der Waals surface area contributed by atoms with Crippen LogP contribution < -0.4 is 10.1 Å². The molecular weight excluding hydrogens is 362 g/mol. The number of anilines is 1. The Hall–Kier alpha value is -3.85. The van der Waals surface area contributed by atoms with E-state index in [4.69, 9.17) is 16.3 Å². The third-order valence-corrected chi connectivity index (χ3v) is 5.18. The molecule has 1 aliphatic rings. The topological polar surface area (TPSA) is 56.3 Å². The van der Waals surface area contributed by atoms with Crippen molar-refractivity contribution in [3.8, 4) is 11.8 Å². The maximum atomic E-state index is 7.44. The summed E-state index contributed by atoms with van der Waals surface area (Å²) in [4.78, 5) is 13.2. The summed E-state index contributed by atoms with van der Waals surface area (Å²) >= 11 is 0. The summed E-state index contributed by atoms with van der Waals surface area (Å²) in [6, 6.07) is 18.0. The number of rotatable bonds is 4. The van der Waals surface area contributed by atoms with Gasteiger partial charge in [-0.1, -0.05) is 42.5 Å². The number of benzene rings is 2. The highest BCUT2D eigenvalue weighted by Crippen LogP contribution is 2.34. The first-order valence-electron chi connectivity index (χ1n) is 9.55. The Morgan fingerprint density at radius 3 is 2.83 bits per heavy atom. The summed E-state index contributed by atoms with van der Waals surface area (Å²) in [5.74, 6) is 1.98. The van der Waals surface area contributed by atoms with E-state index >= 15 is 0 Å². The fourth-order valence-electron chi connectivity index (χ4n) is 3.78. The summed E-state index contributed by atoms with van der Waals surface area (Å²) in [6.07, 6.45) is 0.792. The predicted molar refractivity (Wildman–Crippen MR) is 113 cm³/mol. The standard InChI is InChI=1S/C23H19N5O/c1-15-13-18-19(24-2)9-6-10-20(18)28(15)23-26-21(17-11-12-29-22(17)27-23)25-14-16-7-4-3-5-8-16/h3-10,13H,11-12,14H2,1H3,(H,25,26,27). The highest BCUT2D eigenvalue weighted by Gasteiger charge is 2.23. The van der Waals surface area contributed by atoms with Crippen LogP contribution in [-0.2, 0) is 13.0 Å². The fourth-order valence-corrected chi connectivity index (χ4v) is 3.78. The van der Waals surface area contributed by atoms with Crippen LogP contribution in [0.3, 0.4) is 0 Å². The number of fused-ring (bicyclic) bond motifs is 2. The SMILES string of the molecule is [C-]#[N+]c1cccc2c1cc(C)n2-c1nc(NCc2ccccc2)c2c(n1)OCC2. The lowest BCUT2D eigenvalue weighted by Gasteiger charge is -2.13. The van der Waals surface area contributed by atoms with E-state index in [-0.39, 0.29) is 0 Å². The Kier molecular flexibility index (Phi) is 4.14. The molecule has 0 fully saturated rings. The Labute approximate surface area is 168 Å². The quantitative estimate of drug-likeness (QED) is 0.515. The van der Waals surface area contributed by atoms with E-state index in [0.717, 1.165) is 34.4 Å². The van der Waals surface area contributed by atoms with Crippen LogP contribution in [0, 0.1) is 13.5 Å². The second-order valence-corrected chi connectivity index (χ2v) is 7.04. The summed E-state index contributed by atoms with van der Waals surface area (Å²) < 4.78 is 7.76. The summed E-state index contributed by atoms with van der Waals surface area (Å²) in [5.41, 5.74) is 4.72. The van der Waals surface area contributed by atoms with Crippen molar-refractivity contribution >= 4 is 22.4 Å². The third-order valence-electron chi connectivity index (χ3n) is 5.18. The molecule has 1 N–H and O–H groups in total. The minimum atomic E-state index is 0.552. The maximum absolute atomic E-state index is 7.44. The molecule has 0 radical (unpaired) electrons.